The molecule has 3 rings (SSSR count). The molecule has 2 aliphatic heterocycles. The molecule has 0 aromatic carbocycles. The highest BCUT2D eigenvalue weighted by Crippen LogP contribution is 2.27. The number of carbonyl (C=O) groups is 2. The standard InChI is InChI=1S/C11H13N5O7S/c1-22-13-10(17)9-2-3-12-15(9)7-4-8-6-14(5-7)11(18)16(8)23-24(19,20)21/h2-4,8H,5-6H2,1H3,(H,13,17)(H,19,20,21). The van der Waals surface area contributed by atoms with Crippen molar-refractivity contribution >= 4 is 28.0 Å². The summed E-state index contributed by atoms with van der Waals surface area (Å²) in [6, 6.07) is -0.0281. The molecule has 2 aliphatic rings. The summed E-state index contributed by atoms with van der Waals surface area (Å²) in [5.74, 6) is -0.541. The lowest BCUT2D eigenvalue weighted by Gasteiger charge is -2.22. The fourth-order valence-electron chi connectivity index (χ4n) is 2.56. The molecular formula is C11H13N5O7S. The molecule has 1 aromatic heterocycles. The van der Waals surface area contributed by atoms with Gasteiger partial charge < -0.3 is 4.90 Å². The van der Waals surface area contributed by atoms with Crippen LogP contribution in [0.15, 0.2) is 18.3 Å². The summed E-state index contributed by atoms with van der Waals surface area (Å²) in [5, 5.41) is 4.59. The van der Waals surface area contributed by atoms with Crippen LogP contribution in [0.5, 0.6) is 0 Å². The SMILES string of the molecule is CONC(=O)c1ccnn1C1=CC2CN(C1)C(=O)N2OS(=O)(=O)O. The van der Waals surface area contributed by atoms with Crippen LogP contribution in [0.3, 0.4) is 0 Å². The van der Waals surface area contributed by atoms with E-state index in [-0.39, 0.29) is 18.8 Å². The van der Waals surface area contributed by atoms with Gasteiger partial charge in [-0.05, 0) is 12.1 Å². The zero-order valence-electron chi connectivity index (χ0n) is 12.3. The summed E-state index contributed by atoms with van der Waals surface area (Å²) in [7, 11) is -3.55. The Balaban J connectivity index is 1.90. The van der Waals surface area contributed by atoms with E-state index in [1.807, 2.05) is 0 Å². The molecule has 1 unspecified atom stereocenters. The molecule has 12 nitrogen and oxygen atoms in total. The van der Waals surface area contributed by atoms with Crippen LogP contribution < -0.4 is 5.48 Å². The Bertz CT molecular complexity index is 816. The second-order valence-electron chi connectivity index (χ2n) is 4.98. The molecule has 130 valence electrons. The highest BCUT2D eigenvalue weighted by molar-refractivity contribution is 7.80. The number of amides is 3. The van der Waals surface area contributed by atoms with Gasteiger partial charge in [0, 0.05) is 6.54 Å². The van der Waals surface area contributed by atoms with E-state index >= 15 is 0 Å². The predicted molar refractivity (Wildman–Crippen MR) is 76.2 cm³/mol. The van der Waals surface area contributed by atoms with Crippen LogP contribution in [-0.2, 0) is 19.5 Å². The van der Waals surface area contributed by atoms with Crippen LogP contribution in [0.25, 0.3) is 5.70 Å². The van der Waals surface area contributed by atoms with Crippen LogP contribution in [0.2, 0.25) is 0 Å². The molecule has 3 amide bonds. The minimum Gasteiger partial charge on any atom is -0.314 e. The predicted octanol–water partition coefficient (Wildman–Crippen LogP) is -1.13. The quantitative estimate of drug-likeness (QED) is 0.496. The van der Waals surface area contributed by atoms with Crippen molar-refractivity contribution in [3.8, 4) is 0 Å². The molecule has 1 fully saturated rings. The highest BCUT2D eigenvalue weighted by Gasteiger charge is 2.43. The van der Waals surface area contributed by atoms with Gasteiger partial charge in [-0.2, -0.15) is 18.6 Å². The summed E-state index contributed by atoms with van der Waals surface area (Å²) >= 11 is 0. The van der Waals surface area contributed by atoms with Crippen LogP contribution in [0.4, 0.5) is 4.79 Å². The molecule has 0 aliphatic carbocycles. The number of aromatic nitrogens is 2. The smallest absolute Gasteiger partial charge is 0.314 e. The first-order valence-corrected chi connectivity index (χ1v) is 8.00. The molecule has 24 heavy (non-hydrogen) atoms. The maximum atomic E-state index is 12.1. The average molecular weight is 359 g/mol. The van der Waals surface area contributed by atoms with Gasteiger partial charge in [0.2, 0.25) is 0 Å². The Morgan fingerprint density at radius 3 is 2.92 bits per heavy atom. The van der Waals surface area contributed by atoms with Gasteiger partial charge in [-0.25, -0.2) is 15.0 Å². The van der Waals surface area contributed by atoms with Gasteiger partial charge in [-0.15, -0.1) is 4.28 Å². The summed E-state index contributed by atoms with van der Waals surface area (Å²) in [4.78, 5) is 29.9. The van der Waals surface area contributed by atoms with Gasteiger partial charge in [-0.1, -0.05) is 0 Å². The number of nitrogens with zero attached hydrogens (tertiary/aromatic N) is 4. The summed E-state index contributed by atoms with van der Waals surface area (Å²) < 4.78 is 36.1. The largest absolute Gasteiger partial charge is 0.418 e. The van der Waals surface area contributed by atoms with Gasteiger partial charge >= 0.3 is 16.4 Å². The molecule has 0 saturated carbocycles. The zero-order chi connectivity index (χ0) is 17.5. The van der Waals surface area contributed by atoms with E-state index in [1.54, 1.807) is 0 Å². The van der Waals surface area contributed by atoms with Crippen molar-refractivity contribution in [2.24, 2.45) is 0 Å². The second-order valence-corrected chi connectivity index (χ2v) is 5.98. The first kappa shape index (κ1) is 16.4. The Labute approximate surface area is 136 Å². The normalized spacial score (nSPS) is 20.3. The van der Waals surface area contributed by atoms with Crippen molar-refractivity contribution in [1.29, 1.82) is 0 Å². The molecule has 1 aromatic rings. The maximum absolute atomic E-state index is 12.1. The van der Waals surface area contributed by atoms with Gasteiger partial charge in [0.15, 0.2) is 0 Å². The van der Waals surface area contributed by atoms with Crippen molar-refractivity contribution in [2.45, 2.75) is 6.04 Å². The van der Waals surface area contributed by atoms with Crippen LogP contribution in [0.1, 0.15) is 10.5 Å². The Morgan fingerprint density at radius 1 is 1.50 bits per heavy atom. The Morgan fingerprint density at radius 2 is 2.25 bits per heavy atom. The molecule has 2 N–H and O–H groups in total. The number of hydrogen-bond donors (Lipinski definition) is 2. The lowest BCUT2D eigenvalue weighted by molar-refractivity contribution is -0.0183. The second kappa shape index (κ2) is 5.86. The molecule has 0 radical (unpaired) electrons. The first-order valence-electron chi connectivity index (χ1n) is 6.63. The fraction of sp³-hybridized carbons (Fsp3) is 0.364. The van der Waals surface area contributed by atoms with E-state index in [0.717, 1.165) is 0 Å². The molecule has 3 heterocycles. The molecule has 2 bridgehead atoms. The van der Waals surface area contributed by atoms with Gasteiger partial charge in [-0.3, -0.25) is 14.2 Å². The highest BCUT2D eigenvalue weighted by atomic mass is 32.3. The van der Waals surface area contributed by atoms with Gasteiger partial charge in [0.25, 0.3) is 5.91 Å². The van der Waals surface area contributed by atoms with Crippen molar-refractivity contribution < 1.29 is 31.7 Å². The van der Waals surface area contributed by atoms with Crippen molar-refractivity contribution in [1.82, 2.24) is 25.2 Å². The molecule has 13 heteroatoms. The number of hydroxylamine groups is 3. The monoisotopic (exact) mass is 359 g/mol. The average Bonchev–Trinajstić information content (AvgIpc) is 3.07. The molecule has 1 atom stereocenters. The van der Waals surface area contributed by atoms with Crippen molar-refractivity contribution in [3.05, 3.63) is 24.0 Å². The number of urea groups is 1. The number of rotatable bonds is 5. The molecular weight excluding hydrogens is 346 g/mol. The third-order valence-corrected chi connectivity index (χ3v) is 3.77. The molecule has 0 spiro atoms. The van der Waals surface area contributed by atoms with Crippen LogP contribution >= 0.6 is 0 Å². The van der Waals surface area contributed by atoms with E-state index < -0.39 is 28.4 Å². The Hall–Kier alpha value is -2.48. The molecule has 1 saturated heterocycles. The van der Waals surface area contributed by atoms with Gasteiger partial charge in [0.1, 0.15) is 11.7 Å². The maximum Gasteiger partial charge on any atom is 0.418 e. The third kappa shape index (κ3) is 2.96. The third-order valence-electron chi connectivity index (χ3n) is 3.42. The van der Waals surface area contributed by atoms with Crippen LogP contribution in [-0.4, -0.2) is 70.9 Å². The van der Waals surface area contributed by atoms with Gasteiger partial charge in [0.05, 0.1) is 25.5 Å². The zero-order valence-corrected chi connectivity index (χ0v) is 13.1. The topological polar surface area (TPSA) is 143 Å². The lowest BCUT2D eigenvalue weighted by atomic mass is 10.2. The minimum absolute atomic E-state index is 0.0790. The van der Waals surface area contributed by atoms with E-state index in [0.29, 0.717) is 10.8 Å². The summed E-state index contributed by atoms with van der Waals surface area (Å²) in [6.45, 7) is 0.258. The minimum atomic E-state index is -4.83. The number of carbonyl (C=O) groups excluding carboxylic acids is 2. The van der Waals surface area contributed by atoms with Crippen LogP contribution in [0, 0.1) is 0 Å². The Kier molecular flexibility index (Phi) is 4.00. The summed E-state index contributed by atoms with van der Waals surface area (Å²) in [5.41, 5.74) is 2.79. The fourth-order valence-corrected chi connectivity index (χ4v) is 2.93. The number of hydrogen-bond acceptors (Lipinski definition) is 7. The first-order chi connectivity index (χ1) is 11.3. The van der Waals surface area contributed by atoms with E-state index in [9.17, 15) is 18.0 Å². The van der Waals surface area contributed by atoms with Crippen molar-refractivity contribution in [3.63, 3.8) is 0 Å². The van der Waals surface area contributed by atoms with E-state index in [1.165, 1.54) is 35.0 Å². The lowest BCUT2D eigenvalue weighted by Crippen LogP contribution is -2.35. The summed E-state index contributed by atoms with van der Waals surface area (Å²) in [6.07, 6.45) is 2.93. The number of fused-ring (bicyclic) bond motifs is 2. The van der Waals surface area contributed by atoms with E-state index in [2.05, 4.69) is 19.7 Å². The van der Waals surface area contributed by atoms with E-state index in [4.69, 9.17) is 4.55 Å². The van der Waals surface area contributed by atoms with Crippen molar-refractivity contribution in [2.75, 3.05) is 20.2 Å². The number of nitrogens with one attached hydrogen (secondary N) is 1.